The predicted octanol–water partition coefficient (Wildman–Crippen LogP) is 4.66. The number of nitrogens with zero attached hydrogens (tertiary/aromatic N) is 3. The van der Waals surface area contributed by atoms with E-state index in [9.17, 15) is 14.7 Å². The van der Waals surface area contributed by atoms with Crippen LogP contribution in [0.25, 0.3) is 10.9 Å². The van der Waals surface area contributed by atoms with Gasteiger partial charge in [0.15, 0.2) is 5.69 Å². The number of hydrogen-bond acceptors (Lipinski definition) is 4. The zero-order valence-electron chi connectivity index (χ0n) is 13.1. The van der Waals surface area contributed by atoms with Crippen LogP contribution in [0.2, 0.25) is 10.0 Å². The Morgan fingerprint density at radius 2 is 1.85 bits per heavy atom. The van der Waals surface area contributed by atoms with Crippen LogP contribution in [0, 0.1) is 0 Å². The molecule has 0 radical (unpaired) electrons. The number of para-hydroxylation sites is 1. The molecule has 0 unspecified atom stereocenters. The maximum absolute atomic E-state index is 12.2. The van der Waals surface area contributed by atoms with E-state index >= 15 is 0 Å². The lowest BCUT2D eigenvalue weighted by atomic mass is 10.2. The second kappa shape index (κ2) is 7.15. The molecule has 1 heterocycles. The Hall–Kier alpha value is -2.90. The first-order valence-electron chi connectivity index (χ1n) is 7.31. The highest BCUT2D eigenvalue weighted by atomic mass is 35.5. The van der Waals surface area contributed by atoms with Gasteiger partial charge in [0.05, 0.1) is 16.1 Å². The van der Waals surface area contributed by atoms with Gasteiger partial charge >= 0.3 is 5.97 Å². The lowest BCUT2D eigenvalue weighted by molar-refractivity contribution is -0.137. The third kappa shape index (κ3) is 3.40. The fourth-order valence-electron chi connectivity index (χ4n) is 2.48. The normalized spacial score (nSPS) is 11.3. The molecule has 0 fully saturated rings. The topological polar surface area (TPSA) is 104 Å². The largest absolute Gasteiger partial charge is 0.493 e. The number of benzene rings is 2. The van der Waals surface area contributed by atoms with Crippen LogP contribution < -0.4 is 0 Å². The van der Waals surface area contributed by atoms with Gasteiger partial charge in [-0.15, -0.1) is 10.2 Å². The van der Waals surface area contributed by atoms with Gasteiger partial charge in [-0.2, -0.15) is 0 Å². The van der Waals surface area contributed by atoms with Gasteiger partial charge in [0, 0.05) is 10.4 Å². The fourth-order valence-corrected chi connectivity index (χ4v) is 2.97. The van der Waals surface area contributed by atoms with Crippen LogP contribution in [0.4, 0.5) is 5.69 Å². The number of azo groups is 1. The summed E-state index contributed by atoms with van der Waals surface area (Å²) in [5.74, 6) is -2.25. The number of hydrogen-bond donors (Lipinski definition) is 2. The maximum Gasteiger partial charge on any atom is 0.323 e. The average molecular weight is 392 g/mol. The Bertz CT molecular complexity index is 1060. The fraction of sp³-hybridized carbons (Fsp3) is 0.0588. The van der Waals surface area contributed by atoms with E-state index in [4.69, 9.17) is 28.3 Å². The SMILES string of the molecule is O=C(O)Cn1c(O)c(N=NC(=O)c2ccc(Cl)cc2Cl)c2ccccc21. The third-order valence-electron chi connectivity index (χ3n) is 3.61. The lowest BCUT2D eigenvalue weighted by Crippen LogP contribution is -2.07. The summed E-state index contributed by atoms with van der Waals surface area (Å²) in [4.78, 5) is 23.2. The summed E-state index contributed by atoms with van der Waals surface area (Å²) < 4.78 is 1.17. The molecule has 1 amide bonds. The van der Waals surface area contributed by atoms with E-state index in [1.807, 2.05) is 0 Å². The van der Waals surface area contributed by atoms with Crippen molar-refractivity contribution in [2.75, 3.05) is 0 Å². The molecular weight excluding hydrogens is 381 g/mol. The number of aromatic hydroxyl groups is 1. The molecule has 0 aliphatic heterocycles. The highest BCUT2D eigenvalue weighted by molar-refractivity contribution is 6.36. The van der Waals surface area contributed by atoms with Crippen LogP contribution in [-0.4, -0.2) is 26.7 Å². The van der Waals surface area contributed by atoms with Crippen molar-refractivity contribution >= 4 is 51.7 Å². The second-order valence-electron chi connectivity index (χ2n) is 5.30. The Morgan fingerprint density at radius 3 is 2.54 bits per heavy atom. The number of amides is 1. The van der Waals surface area contributed by atoms with Crippen molar-refractivity contribution < 1.29 is 19.8 Å². The molecule has 3 aromatic rings. The molecule has 0 atom stereocenters. The zero-order chi connectivity index (χ0) is 18.8. The molecule has 132 valence electrons. The summed E-state index contributed by atoms with van der Waals surface area (Å²) in [6.45, 7) is -0.459. The molecule has 0 aliphatic carbocycles. The van der Waals surface area contributed by atoms with Crippen molar-refractivity contribution in [1.82, 2.24) is 4.57 Å². The number of halogens is 2. The van der Waals surface area contributed by atoms with Crippen molar-refractivity contribution in [3.8, 4) is 5.88 Å². The van der Waals surface area contributed by atoms with E-state index in [-0.39, 0.29) is 16.3 Å². The third-order valence-corrected chi connectivity index (χ3v) is 4.16. The van der Waals surface area contributed by atoms with Crippen molar-refractivity contribution in [1.29, 1.82) is 0 Å². The minimum absolute atomic E-state index is 0.000265. The number of carbonyl (C=O) groups excluding carboxylic acids is 1. The van der Waals surface area contributed by atoms with Crippen molar-refractivity contribution in [3.05, 3.63) is 58.1 Å². The molecule has 0 spiro atoms. The summed E-state index contributed by atoms with van der Waals surface area (Å²) in [5.41, 5.74) is 0.562. The molecule has 7 nitrogen and oxygen atoms in total. The van der Waals surface area contributed by atoms with Crippen molar-refractivity contribution in [2.45, 2.75) is 6.54 Å². The van der Waals surface area contributed by atoms with Gasteiger partial charge < -0.3 is 10.2 Å². The molecule has 0 saturated carbocycles. The van der Waals surface area contributed by atoms with Crippen LogP contribution >= 0.6 is 23.2 Å². The summed E-state index contributed by atoms with van der Waals surface area (Å²) in [5, 5.41) is 27.7. The first kappa shape index (κ1) is 17.9. The van der Waals surface area contributed by atoms with Crippen LogP contribution in [-0.2, 0) is 11.3 Å². The molecule has 2 N–H and O–H groups in total. The first-order valence-corrected chi connectivity index (χ1v) is 8.07. The van der Waals surface area contributed by atoms with E-state index in [0.29, 0.717) is 15.9 Å². The Balaban J connectivity index is 2.03. The van der Waals surface area contributed by atoms with E-state index < -0.39 is 24.3 Å². The molecule has 26 heavy (non-hydrogen) atoms. The summed E-state index contributed by atoms with van der Waals surface area (Å²) in [7, 11) is 0. The number of aliphatic carboxylic acids is 1. The van der Waals surface area contributed by atoms with Gasteiger partial charge in [-0.1, -0.05) is 41.4 Å². The van der Waals surface area contributed by atoms with Gasteiger partial charge in [0.1, 0.15) is 6.54 Å². The molecule has 0 bridgehead atoms. The number of fused-ring (bicyclic) bond motifs is 1. The van der Waals surface area contributed by atoms with Gasteiger partial charge in [-0.05, 0) is 24.3 Å². The maximum atomic E-state index is 12.2. The predicted molar refractivity (Wildman–Crippen MR) is 96.5 cm³/mol. The second-order valence-corrected chi connectivity index (χ2v) is 6.14. The number of carboxylic acids is 1. The minimum atomic E-state index is -1.13. The number of carbonyl (C=O) groups is 2. The van der Waals surface area contributed by atoms with Gasteiger partial charge in [-0.3, -0.25) is 14.2 Å². The molecule has 0 saturated heterocycles. The summed E-state index contributed by atoms with van der Waals surface area (Å²) >= 11 is 11.8. The molecule has 1 aromatic heterocycles. The van der Waals surface area contributed by atoms with E-state index in [2.05, 4.69) is 10.2 Å². The van der Waals surface area contributed by atoms with Crippen LogP contribution in [0.5, 0.6) is 5.88 Å². The Morgan fingerprint density at radius 1 is 1.12 bits per heavy atom. The van der Waals surface area contributed by atoms with Crippen molar-refractivity contribution in [2.24, 2.45) is 10.2 Å². The Kier molecular flexibility index (Phi) is 4.92. The average Bonchev–Trinajstić information content (AvgIpc) is 2.84. The highest BCUT2D eigenvalue weighted by Gasteiger charge is 2.18. The Labute approximate surface area is 157 Å². The summed E-state index contributed by atoms with van der Waals surface area (Å²) in [6, 6.07) is 11.0. The van der Waals surface area contributed by atoms with E-state index in [0.717, 1.165) is 0 Å². The van der Waals surface area contributed by atoms with Crippen LogP contribution in [0.3, 0.4) is 0 Å². The van der Waals surface area contributed by atoms with Crippen LogP contribution in [0.15, 0.2) is 52.7 Å². The van der Waals surface area contributed by atoms with Gasteiger partial charge in [0.25, 0.3) is 5.91 Å². The highest BCUT2D eigenvalue weighted by Crippen LogP contribution is 2.38. The zero-order valence-corrected chi connectivity index (χ0v) is 14.6. The van der Waals surface area contributed by atoms with Crippen LogP contribution in [0.1, 0.15) is 10.4 Å². The lowest BCUT2D eigenvalue weighted by Gasteiger charge is -2.02. The molecular formula is C17H11Cl2N3O4. The number of aromatic nitrogens is 1. The number of carboxylic acid groups (broad SMARTS) is 1. The first-order chi connectivity index (χ1) is 12.4. The van der Waals surface area contributed by atoms with E-state index in [1.54, 1.807) is 24.3 Å². The van der Waals surface area contributed by atoms with Crippen molar-refractivity contribution in [3.63, 3.8) is 0 Å². The molecule has 2 aromatic carbocycles. The van der Waals surface area contributed by atoms with E-state index in [1.165, 1.54) is 22.8 Å². The number of rotatable bonds is 4. The quantitative estimate of drug-likeness (QED) is 0.630. The van der Waals surface area contributed by atoms with Gasteiger partial charge in [-0.25, -0.2) is 0 Å². The molecule has 9 heteroatoms. The molecule has 3 rings (SSSR count). The summed E-state index contributed by atoms with van der Waals surface area (Å²) in [6.07, 6.45) is 0. The standard InChI is InChI=1S/C17H11Cl2N3O4/c18-9-5-6-10(12(19)7-9)16(25)21-20-15-11-3-1-2-4-13(11)22(17(15)26)8-14(23)24/h1-7,26H,8H2,(H,23,24). The van der Waals surface area contributed by atoms with Gasteiger partial charge in [0.2, 0.25) is 5.88 Å². The molecule has 0 aliphatic rings. The monoisotopic (exact) mass is 391 g/mol. The smallest absolute Gasteiger partial charge is 0.323 e. The minimum Gasteiger partial charge on any atom is -0.493 e.